The zero-order chi connectivity index (χ0) is 18.6. The number of H-pyrrole nitrogens is 1. The van der Waals surface area contributed by atoms with Crippen LogP contribution in [0.4, 0.5) is 11.4 Å². The molecule has 0 fully saturated rings. The Morgan fingerprint density at radius 3 is 2.48 bits per heavy atom. The zero-order valence-electron chi connectivity index (χ0n) is 14.3. The number of hydrogen-bond donors (Lipinski definition) is 3. The van der Waals surface area contributed by atoms with Crippen LogP contribution in [0, 0.1) is 0 Å². The second-order valence-electron chi connectivity index (χ2n) is 5.98. The van der Waals surface area contributed by atoms with Crippen molar-refractivity contribution in [2.24, 2.45) is 0 Å². The Kier molecular flexibility index (Phi) is 4.37. The van der Waals surface area contributed by atoms with E-state index in [0.717, 1.165) is 22.4 Å². The first kappa shape index (κ1) is 16.5. The number of fused-ring (bicyclic) bond motifs is 1. The number of imidazole rings is 1. The topological polar surface area (TPSA) is 86.9 Å². The Morgan fingerprint density at radius 2 is 1.70 bits per heavy atom. The van der Waals surface area contributed by atoms with E-state index in [2.05, 4.69) is 20.6 Å². The number of benzene rings is 3. The third kappa shape index (κ3) is 3.55. The maximum absolute atomic E-state index is 12.6. The zero-order valence-corrected chi connectivity index (χ0v) is 14.3. The normalized spacial score (nSPS) is 10.5. The summed E-state index contributed by atoms with van der Waals surface area (Å²) in [6.45, 7) is 0. The van der Waals surface area contributed by atoms with Gasteiger partial charge in [0, 0.05) is 22.5 Å². The highest BCUT2D eigenvalue weighted by atomic mass is 16.1. The highest BCUT2D eigenvalue weighted by Gasteiger charge is 2.10. The number of carbonyl (C=O) groups is 2. The van der Waals surface area contributed by atoms with Crippen molar-refractivity contribution in [1.82, 2.24) is 9.97 Å². The summed E-state index contributed by atoms with van der Waals surface area (Å²) >= 11 is 0. The van der Waals surface area contributed by atoms with Crippen LogP contribution in [0.15, 0.2) is 72.8 Å². The molecule has 0 unspecified atom stereocenters. The van der Waals surface area contributed by atoms with E-state index in [0.29, 0.717) is 23.3 Å². The van der Waals surface area contributed by atoms with E-state index in [9.17, 15) is 9.59 Å². The van der Waals surface area contributed by atoms with Crippen LogP contribution in [-0.2, 0) is 4.79 Å². The van der Waals surface area contributed by atoms with Crippen LogP contribution in [0.3, 0.4) is 0 Å². The standard InChI is InChI=1S/C21H16N4O2/c26-13-22-16-8-10-17(11-9-16)23-21(27)15-5-3-4-14(12-15)20-24-18-6-1-2-7-19(18)25-20/h1-13H,(H,22,26)(H,23,27)(H,24,25). The van der Waals surface area contributed by atoms with Crippen molar-refractivity contribution in [2.45, 2.75) is 0 Å². The van der Waals surface area contributed by atoms with Crippen molar-refractivity contribution in [3.05, 3.63) is 78.4 Å². The summed E-state index contributed by atoms with van der Waals surface area (Å²) in [5, 5.41) is 5.40. The predicted molar refractivity (Wildman–Crippen MR) is 106 cm³/mol. The van der Waals surface area contributed by atoms with Crippen LogP contribution in [0.2, 0.25) is 0 Å². The summed E-state index contributed by atoms with van der Waals surface area (Å²) in [5.74, 6) is 0.499. The van der Waals surface area contributed by atoms with Gasteiger partial charge in [0.2, 0.25) is 6.41 Å². The van der Waals surface area contributed by atoms with Crippen molar-refractivity contribution in [1.29, 1.82) is 0 Å². The third-order valence-corrected chi connectivity index (χ3v) is 4.16. The van der Waals surface area contributed by atoms with Gasteiger partial charge in [-0.1, -0.05) is 24.3 Å². The molecule has 132 valence electrons. The average Bonchev–Trinajstić information content (AvgIpc) is 3.14. The van der Waals surface area contributed by atoms with Gasteiger partial charge < -0.3 is 15.6 Å². The maximum Gasteiger partial charge on any atom is 0.255 e. The van der Waals surface area contributed by atoms with E-state index < -0.39 is 0 Å². The first-order chi connectivity index (χ1) is 13.2. The second-order valence-corrected chi connectivity index (χ2v) is 5.98. The van der Waals surface area contributed by atoms with E-state index in [1.54, 1.807) is 36.4 Å². The Bertz CT molecular complexity index is 1080. The van der Waals surface area contributed by atoms with E-state index >= 15 is 0 Å². The van der Waals surface area contributed by atoms with Crippen LogP contribution in [0.25, 0.3) is 22.4 Å². The number of aromatic amines is 1. The lowest BCUT2D eigenvalue weighted by Gasteiger charge is -2.07. The quantitative estimate of drug-likeness (QED) is 0.472. The number of hydrogen-bond acceptors (Lipinski definition) is 3. The minimum absolute atomic E-state index is 0.218. The molecule has 0 aliphatic rings. The van der Waals surface area contributed by atoms with Gasteiger partial charge in [-0.25, -0.2) is 4.98 Å². The van der Waals surface area contributed by atoms with E-state index in [1.165, 1.54) is 0 Å². The number of para-hydroxylation sites is 2. The lowest BCUT2D eigenvalue weighted by atomic mass is 10.1. The Morgan fingerprint density at radius 1 is 0.926 bits per heavy atom. The minimum atomic E-state index is -0.218. The maximum atomic E-state index is 12.6. The molecule has 3 aromatic carbocycles. The predicted octanol–water partition coefficient (Wildman–Crippen LogP) is 4.05. The molecular weight excluding hydrogens is 340 g/mol. The van der Waals surface area contributed by atoms with Crippen molar-refractivity contribution in [3.63, 3.8) is 0 Å². The smallest absolute Gasteiger partial charge is 0.255 e. The summed E-state index contributed by atoms with van der Waals surface area (Å²) in [7, 11) is 0. The highest BCUT2D eigenvalue weighted by Crippen LogP contribution is 2.22. The number of carbonyl (C=O) groups excluding carboxylic acids is 2. The van der Waals surface area contributed by atoms with Crippen LogP contribution in [-0.4, -0.2) is 22.3 Å². The summed E-state index contributed by atoms with van der Waals surface area (Å²) in [5.41, 5.74) is 4.51. The molecule has 0 aliphatic carbocycles. The monoisotopic (exact) mass is 356 g/mol. The minimum Gasteiger partial charge on any atom is -0.338 e. The van der Waals surface area contributed by atoms with E-state index in [4.69, 9.17) is 0 Å². The Hall–Kier alpha value is -3.93. The van der Waals surface area contributed by atoms with E-state index in [-0.39, 0.29) is 5.91 Å². The van der Waals surface area contributed by atoms with Gasteiger partial charge in [-0.2, -0.15) is 0 Å². The lowest BCUT2D eigenvalue weighted by Crippen LogP contribution is -2.11. The first-order valence-corrected chi connectivity index (χ1v) is 8.40. The number of nitrogens with one attached hydrogen (secondary N) is 3. The second kappa shape index (κ2) is 7.13. The molecule has 0 saturated carbocycles. The van der Waals surface area contributed by atoms with Gasteiger partial charge in [-0.15, -0.1) is 0 Å². The van der Waals surface area contributed by atoms with Gasteiger partial charge in [0.1, 0.15) is 5.82 Å². The summed E-state index contributed by atoms with van der Waals surface area (Å²) < 4.78 is 0. The molecule has 3 N–H and O–H groups in total. The summed E-state index contributed by atoms with van der Waals surface area (Å²) in [6, 6.07) is 22.0. The van der Waals surface area contributed by atoms with Gasteiger partial charge in [-0.05, 0) is 48.5 Å². The number of anilines is 2. The summed E-state index contributed by atoms with van der Waals surface area (Å²) in [6.07, 6.45) is 0.608. The highest BCUT2D eigenvalue weighted by molar-refractivity contribution is 6.05. The number of aromatic nitrogens is 2. The van der Waals surface area contributed by atoms with E-state index in [1.807, 2.05) is 36.4 Å². The van der Waals surface area contributed by atoms with Gasteiger partial charge in [-0.3, -0.25) is 9.59 Å². The molecule has 1 heterocycles. The molecule has 0 spiro atoms. The molecule has 0 bridgehead atoms. The fourth-order valence-corrected chi connectivity index (χ4v) is 2.82. The van der Waals surface area contributed by atoms with Crippen molar-refractivity contribution in [3.8, 4) is 11.4 Å². The summed E-state index contributed by atoms with van der Waals surface area (Å²) in [4.78, 5) is 30.8. The lowest BCUT2D eigenvalue weighted by molar-refractivity contribution is -0.105. The molecule has 0 atom stereocenters. The fourth-order valence-electron chi connectivity index (χ4n) is 2.82. The molecule has 0 radical (unpaired) electrons. The molecule has 2 amide bonds. The van der Waals surface area contributed by atoms with Crippen LogP contribution in [0.1, 0.15) is 10.4 Å². The van der Waals surface area contributed by atoms with Crippen molar-refractivity contribution < 1.29 is 9.59 Å². The first-order valence-electron chi connectivity index (χ1n) is 8.40. The van der Waals surface area contributed by atoms with Crippen LogP contribution in [0.5, 0.6) is 0 Å². The molecule has 0 aliphatic heterocycles. The molecule has 4 aromatic rings. The molecule has 6 heteroatoms. The van der Waals surface area contributed by atoms with Crippen molar-refractivity contribution in [2.75, 3.05) is 10.6 Å². The fraction of sp³-hybridized carbons (Fsp3) is 0. The molecular formula is C21H16N4O2. The van der Waals surface area contributed by atoms with Crippen LogP contribution >= 0.6 is 0 Å². The number of nitrogens with zero attached hydrogens (tertiary/aromatic N) is 1. The van der Waals surface area contributed by atoms with Crippen LogP contribution < -0.4 is 10.6 Å². The largest absolute Gasteiger partial charge is 0.338 e. The Balaban J connectivity index is 1.56. The number of rotatable bonds is 5. The Labute approximate surface area is 155 Å². The third-order valence-electron chi connectivity index (χ3n) is 4.16. The molecule has 1 aromatic heterocycles. The van der Waals surface area contributed by atoms with Gasteiger partial charge >= 0.3 is 0 Å². The average molecular weight is 356 g/mol. The van der Waals surface area contributed by atoms with Gasteiger partial charge in [0.15, 0.2) is 0 Å². The molecule has 6 nitrogen and oxygen atoms in total. The molecule has 0 saturated heterocycles. The molecule has 27 heavy (non-hydrogen) atoms. The van der Waals surface area contributed by atoms with Gasteiger partial charge in [0.25, 0.3) is 5.91 Å². The SMILES string of the molecule is O=CNc1ccc(NC(=O)c2cccc(-c3nc4ccccc4[nH]3)c2)cc1. The molecule has 4 rings (SSSR count). The van der Waals surface area contributed by atoms with Crippen molar-refractivity contribution >= 4 is 34.7 Å². The number of amides is 2. The van der Waals surface area contributed by atoms with Gasteiger partial charge in [0.05, 0.1) is 11.0 Å².